The average Bonchev–Trinajstić information content (AvgIpc) is 3.48. The molecule has 0 saturated carbocycles. The van der Waals surface area contributed by atoms with Gasteiger partial charge < -0.3 is 48.1 Å². The molecule has 0 amide bonds. The largest absolute Gasteiger partial charge is 0.388 e. The number of ether oxygens (including phenoxy) is 8. The molecular formula is C17H28O10. The first-order valence-electron chi connectivity index (χ1n) is 9.44. The smallest absolute Gasteiger partial charge is 0.181 e. The highest BCUT2D eigenvalue weighted by Gasteiger charge is 2.39. The first kappa shape index (κ1) is 19.9. The van der Waals surface area contributed by atoms with Crippen molar-refractivity contribution in [3.63, 3.8) is 0 Å². The highest BCUT2D eigenvalue weighted by Crippen LogP contribution is 2.20. The van der Waals surface area contributed by atoms with Gasteiger partial charge in [-0.25, -0.2) is 0 Å². The Bertz CT molecular complexity index is 449. The molecule has 156 valence electrons. The maximum Gasteiger partial charge on any atom is 0.181 e. The Morgan fingerprint density at radius 2 is 1.37 bits per heavy atom. The van der Waals surface area contributed by atoms with Gasteiger partial charge in [0.1, 0.15) is 49.3 Å². The number of aliphatic hydroxyl groups excluding tert-OH is 2. The molecule has 10 nitrogen and oxygen atoms in total. The van der Waals surface area contributed by atoms with Crippen LogP contribution >= 0.6 is 0 Å². The van der Waals surface area contributed by atoms with Crippen molar-refractivity contribution in [1.29, 1.82) is 0 Å². The fourth-order valence-electron chi connectivity index (χ4n) is 2.59. The summed E-state index contributed by atoms with van der Waals surface area (Å²) in [6.07, 6.45) is -3.85. The Morgan fingerprint density at radius 3 is 1.96 bits per heavy atom. The molecule has 0 radical (unpaired) electrons. The molecule has 10 heteroatoms. The molecule has 27 heavy (non-hydrogen) atoms. The third-order valence-corrected chi connectivity index (χ3v) is 4.62. The SMILES string of the molecule is O[C@@H]([C@H](OCC1CO1)[C@H](O)COC1CO1)[C@H](COCC1CO1)OCC1CO1. The summed E-state index contributed by atoms with van der Waals surface area (Å²) in [6.45, 7) is 3.71. The summed E-state index contributed by atoms with van der Waals surface area (Å²) in [5.41, 5.74) is 0. The molecule has 4 heterocycles. The molecule has 4 rings (SSSR count). The van der Waals surface area contributed by atoms with Gasteiger partial charge in [-0.15, -0.1) is 0 Å². The topological polar surface area (TPSA) is 128 Å². The van der Waals surface area contributed by atoms with E-state index in [9.17, 15) is 10.2 Å². The standard InChI is InChI=1S/C17H28O10/c18-13(7-25-15-9-26-15)17(27-6-12-4-23-12)16(19)14(24-5-11-3-22-11)8-20-1-10-2-21-10/h10-19H,1-9H2/t10?,11?,12?,13-,14+,15?,16-,17-/m1/s1. The van der Waals surface area contributed by atoms with Crippen LogP contribution in [0.15, 0.2) is 0 Å². The van der Waals surface area contributed by atoms with E-state index >= 15 is 0 Å². The molecule has 4 fully saturated rings. The van der Waals surface area contributed by atoms with E-state index in [1.54, 1.807) is 0 Å². The van der Waals surface area contributed by atoms with Crippen LogP contribution in [0.3, 0.4) is 0 Å². The summed E-state index contributed by atoms with van der Waals surface area (Å²) in [5, 5.41) is 21.4. The Hall–Kier alpha value is -0.400. The van der Waals surface area contributed by atoms with E-state index in [4.69, 9.17) is 37.9 Å². The van der Waals surface area contributed by atoms with Crippen LogP contribution in [0, 0.1) is 0 Å². The zero-order valence-corrected chi connectivity index (χ0v) is 15.1. The van der Waals surface area contributed by atoms with Crippen molar-refractivity contribution in [1.82, 2.24) is 0 Å². The van der Waals surface area contributed by atoms with Crippen LogP contribution in [0.2, 0.25) is 0 Å². The molecular weight excluding hydrogens is 364 g/mol. The number of epoxide rings is 4. The molecule has 0 aromatic rings. The van der Waals surface area contributed by atoms with Crippen molar-refractivity contribution < 1.29 is 48.1 Å². The molecule has 0 aromatic carbocycles. The second-order valence-corrected chi connectivity index (χ2v) is 7.23. The van der Waals surface area contributed by atoms with E-state index in [-0.39, 0.29) is 44.4 Å². The molecule has 2 N–H and O–H groups in total. The van der Waals surface area contributed by atoms with Crippen LogP contribution in [0.1, 0.15) is 0 Å². The first-order valence-corrected chi connectivity index (χ1v) is 9.44. The van der Waals surface area contributed by atoms with Crippen LogP contribution in [0.25, 0.3) is 0 Å². The van der Waals surface area contributed by atoms with Gasteiger partial charge in [0, 0.05) is 0 Å². The lowest BCUT2D eigenvalue weighted by Gasteiger charge is -2.32. The van der Waals surface area contributed by atoms with Gasteiger partial charge in [0.05, 0.1) is 52.9 Å². The molecule has 4 aliphatic heterocycles. The van der Waals surface area contributed by atoms with Gasteiger partial charge in [-0.3, -0.25) is 0 Å². The quantitative estimate of drug-likeness (QED) is 0.287. The minimum atomic E-state index is -1.11. The molecule has 0 aliphatic carbocycles. The van der Waals surface area contributed by atoms with E-state index < -0.39 is 24.4 Å². The van der Waals surface area contributed by atoms with Gasteiger partial charge in [-0.1, -0.05) is 0 Å². The number of hydrogen-bond donors (Lipinski definition) is 2. The lowest BCUT2D eigenvalue weighted by atomic mass is 10.0. The lowest BCUT2D eigenvalue weighted by Crippen LogP contribution is -2.51. The van der Waals surface area contributed by atoms with Crippen molar-refractivity contribution in [2.24, 2.45) is 0 Å². The molecule has 8 atom stereocenters. The van der Waals surface area contributed by atoms with Crippen molar-refractivity contribution in [2.75, 3.05) is 59.5 Å². The molecule has 0 aromatic heterocycles. The van der Waals surface area contributed by atoms with Crippen LogP contribution in [-0.2, 0) is 37.9 Å². The molecule has 4 aliphatic rings. The summed E-state index contributed by atoms with van der Waals surface area (Å²) in [5.74, 6) is 0. The monoisotopic (exact) mass is 392 g/mol. The van der Waals surface area contributed by atoms with Crippen LogP contribution in [0.4, 0.5) is 0 Å². The Labute approximate surface area is 157 Å². The third kappa shape index (κ3) is 7.17. The van der Waals surface area contributed by atoms with Crippen LogP contribution < -0.4 is 0 Å². The van der Waals surface area contributed by atoms with Gasteiger partial charge >= 0.3 is 0 Å². The van der Waals surface area contributed by atoms with Crippen LogP contribution in [0.5, 0.6) is 0 Å². The summed E-state index contributed by atoms with van der Waals surface area (Å²) < 4.78 is 42.9. The minimum Gasteiger partial charge on any atom is -0.388 e. The minimum absolute atomic E-state index is 0.00193. The van der Waals surface area contributed by atoms with E-state index in [0.29, 0.717) is 39.6 Å². The Morgan fingerprint density at radius 1 is 0.778 bits per heavy atom. The fraction of sp³-hybridized carbons (Fsp3) is 1.00. The predicted molar refractivity (Wildman–Crippen MR) is 87.2 cm³/mol. The third-order valence-electron chi connectivity index (χ3n) is 4.62. The highest BCUT2D eigenvalue weighted by molar-refractivity contribution is 4.86. The fourth-order valence-corrected chi connectivity index (χ4v) is 2.59. The summed E-state index contributed by atoms with van der Waals surface area (Å²) in [4.78, 5) is 0. The average molecular weight is 392 g/mol. The van der Waals surface area contributed by atoms with E-state index in [2.05, 4.69) is 0 Å². The molecule has 0 spiro atoms. The normalized spacial score (nSPS) is 35.3. The number of rotatable bonds is 16. The molecule has 4 saturated heterocycles. The van der Waals surface area contributed by atoms with Gasteiger partial charge in [-0.2, -0.15) is 0 Å². The first-order chi connectivity index (χ1) is 13.2. The van der Waals surface area contributed by atoms with Gasteiger partial charge in [0.2, 0.25) is 0 Å². The van der Waals surface area contributed by atoms with Crippen molar-refractivity contribution >= 4 is 0 Å². The number of hydrogen-bond acceptors (Lipinski definition) is 10. The molecule has 4 unspecified atom stereocenters. The summed E-state index contributed by atoms with van der Waals surface area (Å²) >= 11 is 0. The van der Waals surface area contributed by atoms with E-state index in [0.717, 1.165) is 0 Å². The van der Waals surface area contributed by atoms with E-state index in [1.165, 1.54) is 0 Å². The maximum absolute atomic E-state index is 10.9. The number of aliphatic hydroxyl groups is 2. The Balaban J connectivity index is 1.31. The Kier molecular flexibility index (Phi) is 6.93. The maximum atomic E-state index is 10.9. The lowest BCUT2D eigenvalue weighted by molar-refractivity contribution is -0.173. The van der Waals surface area contributed by atoms with E-state index in [1.807, 2.05) is 0 Å². The second kappa shape index (κ2) is 9.40. The van der Waals surface area contributed by atoms with Crippen molar-refractivity contribution in [3.8, 4) is 0 Å². The van der Waals surface area contributed by atoms with Crippen molar-refractivity contribution in [2.45, 2.75) is 49.0 Å². The zero-order chi connectivity index (χ0) is 18.6. The molecule has 0 bridgehead atoms. The van der Waals surface area contributed by atoms with Crippen molar-refractivity contribution in [3.05, 3.63) is 0 Å². The predicted octanol–water partition coefficient (Wildman–Crippen LogP) is -1.94. The van der Waals surface area contributed by atoms with Gasteiger partial charge in [0.15, 0.2) is 6.29 Å². The van der Waals surface area contributed by atoms with Crippen LogP contribution in [-0.4, -0.2) is 119 Å². The van der Waals surface area contributed by atoms with Gasteiger partial charge in [0.25, 0.3) is 0 Å². The zero-order valence-electron chi connectivity index (χ0n) is 15.1. The summed E-state index contributed by atoms with van der Waals surface area (Å²) in [6, 6.07) is 0. The second-order valence-electron chi connectivity index (χ2n) is 7.23. The van der Waals surface area contributed by atoms with Gasteiger partial charge in [-0.05, 0) is 0 Å². The summed E-state index contributed by atoms with van der Waals surface area (Å²) in [7, 11) is 0. The highest BCUT2D eigenvalue weighted by atomic mass is 16.8.